The van der Waals surface area contributed by atoms with Crippen LogP contribution in [0.15, 0.2) is 18.2 Å². The third-order valence-electron chi connectivity index (χ3n) is 4.00. The molecule has 0 spiro atoms. The lowest BCUT2D eigenvalue weighted by Crippen LogP contribution is -2.33. The van der Waals surface area contributed by atoms with Crippen molar-refractivity contribution in [3.8, 4) is 6.07 Å². The molecule has 1 aromatic rings. The maximum atomic E-state index is 13.0. The SMILES string of the molecule is N#Cc1cc(F)ccc1NC(=O)C1CC2CCC1N2. The molecule has 3 unspecified atom stereocenters. The Labute approximate surface area is 110 Å². The summed E-state index contributed by atoms with van der Waals surface area (Å²) in [6.45, 7) is 0. The molecule has 1 aromatic carbocycles. The quantitative estimate of drug-likeness (QED) is 0.850. The molecule has 2 N–H and O–H groups in total. The largest absolute Gasteiger partial charge is 0.325 e. The van der Waals surface area contributed by atoms with E-state index in [1.165, 1.54) is 12.1 Å². The summed E-state index contributed by atoms with van der Waals surface area (Å²) >= 11 is 0. The normalized spacial score (nSPS) is 28.1. The number of hydrogen-bond acceptors (Lipinski definition) is 3. The van der Waals surface area contributed by atoms with Crippen molar-refractivity contribution in [1.82, 2.24) is 5.32 Å². The second kappa shape index (κ2) is 4.63. The number of rotatable bonds is 2. The standard InChI is InChI=1S/C14H14FN3O/c15-9-1-3-12(8(5-9)7-16)18-14(19)11-6-10-2-4-13(11)17-10/h1,3,5,10-11,13,17H,2,4,6H2,(H,18,19). The van der Waals surface area contributed by atoms with Gasteiger partial charge in [0.15, 0.2) is 0 Å². The number of nitrogens with zero attached hydrogens (tertiary/aromatic N) is 1. The van der Waals surface area contributed by atoms with E-state index in [1.54, 1.807) is 0 Å². The number of nitrogens with one attached hydrogen (secondary N) is 2. The van der Waals surface area contributed by atoms with Crippen LogP contribution in [0.1, 0.15) is 24.8 Å². The van der Waals surface area contributed by atoms with Crippen molar-refractivity contribution in [2.45, 2.75) is 31.3 Å². The first-order valence-electron chi connectivity index (χ1n) is 6.44. The summed E-state index contributed by atoms with van der Waals surface area (Å²) in [5.74, 6) is -0.603. The molecule has 2 fully saturated rings. The minimum absolute atomic E-state index is 0.0460. The predicted octanol–water partition coefficient (Wildman–Crippen LogP) is 1.78. The van der Waals surface area contributed by atoms with Gasteiger partial charge in [0.2, 0.25) is 5.91 Å². The third-order valence-corrected chi connectivity index (χ3v) is 4.00. The van der Waals surface area contributed by atoms with E-state index < -0.39 is 5.82 Å². The zero-order valence-electron chi connectivity index (χ0n) is 10.3. The molecular weight excluding hydrogens is 245 g/mol. The van der Waals surface area contributed by atoms with Gasteiger partial charge in [-0.1, -0.05) is 0 Å². The molecule has 3 atom stereocenters. The molecule has 2 bridgehead atoms. The Hall–Kier alpha value is -1.93. The molecule has 0 saturated carbocycles. The van der Waals surface area contributed by atoms with Gasteiger partial charge in [0, 0.05) is 12.1 Å². The number of hydrogen-bond donors (Lipinski definition) is 2. The van der Waals surface area contributed by atoms with E-state index >= 15 is 0 Å². The van der Waals surface area contributed by atoms with E-state index in [0.29, 0.717) is 11.7 Å². The van der Waals surface area contributed by atoms with Crippen LogP contribution in [0.3, 0.4) is 0 Å². The Morgan fingerprint density at radius 3 is 2.95 bits per heavy atom. The number of halogens is 1. The fraction of sp³-hybridized carbons (Fsp3) is 0.429. The van der Waals surface area contributed by atoms with E-state index in [2.05, 4.69) is 10.6 Å². The smallest absolute Gasteiger partial charge is 0.229 e. The van der Waals surface area contributed by atoms with Gasteiger partial charge in [-0.3, -0.25) is 4.79 Å². The highest BCUT2D eigenvalue weighted by molar-refractivity contribution is 5.94. The van der Waals surface area contributed by atoms with Gasteiger partial charge in [-0.15, -0.1) is 0 Å². The monoisotopic (exact) mass is 259 g/mol. The van der Waals surface area contributed by atoms with Crippen molar-refractivity contribution in [2.75, 3.05) is 5.32 Å². The van der Waals surface area contributed by atoms with Gasteiger partial charge in [0.1, 0.15) is 11.9 Å². The van der Waals surface area contributed by atoms with E-state index in [-0.39, 0.29) is 23.4 Å². The van der Waals surface area contributed by atoms with Crippen LogP contribution in [0.2, 0.25) is 0 Å². The second-order valence-corrected chi connectivity index (χ2v) is 5.18. The van der Waals surface area contributed by atoms with Crippen molar-refractivity contribution < 1.29 is 9.18 Å². The Morgan fingerprint density at radius 2 is 2.32 bits per heavy atom. The maximum absolute atomic E-state index is 13.0. The molecular formula is C14H14FN3O. The first-order chi connectivity index (χ1) is 9.17. The highest BCUT2D eigenvalue weighted by atomic mass is 19.1. The topological polar surface area (TPSA) is 64.9 Å². The summed E-state index contributed by atoms with van der Waals surface area (Å²) in [4.78, 5) is 12.2. The van der Waals surface area contributed by atoms with E-state index in [1.807, 2.05) is 6.07 Å². The number of carbonyl (C=O) groups excluding carboxylic acids is 1. The average Bonchev–Trinajstić information content (AvgIpc) is 3.03. The van der Waals surface area contributed by atoms with Gasteiger partial charge in [-0.2, -0.15) is 5.26 Å². The first kappa shape index (κ1) is 12.1. The minimum Gasteiger partial charge on any atom is -0.325 e. The van der Waals surface area contributed by atoms with Gasteiger partial charge >= 0.3 is 0 Å². The van der Waals surface area contributed by atoms with Gasteiger partial charge in [0.25, 0.3) is 0 Å². The number of nitriles is 1. The molecule has 2 aliphatic rings. The Morgan fingerprint density at radius 1 is 1.47 bits per heavy atom. The Bertz CT molecular complexity index is 566. The number of fused-ring (bicyclic) bond motifs is 2. The van der Waals surface area contributed by atoms with E-state index in [0.717, 1.165) is 25.3 Å². The minimum atomic E-state index is -0.476. The van der Waals surface area contributed by atoms with Crippen LogP contribution < -0.4 is 10.6 Å². The van der Waals surface area contributed by atoms with Crippen molar-refractivity contribution in [1.29, 1.82) is 5.26 Å². The fourth-order valence-corrected chi connectivity index (χ4v) is 3.06. The van der Waals surface area contributed by atoms with Crippen molar-refractivity contribution in [3.05, 3.63) is 29.6 Å². The highest BCUT2D eigenvalue weighted by Crippen LogP contribution is 2.34. The summed E-state index contributed by atoms with van der Waals surface area (Å²) < 4.78 is 13.0. The van der Waals surface area contributed by atoms with E-state index in [9.17, 15) is 9.18 Å². The summed E-state index contributed by atoms with van der Waals surface area (Å²) in [5.41, 5.74) is 0.543. The molecule has 1 amide bonds. The third kappa shape index (κ3) is 2.20. The zero-order chi connectivity index (χ0) is 13.4. The summed E-state index contributed by atoms with van der Waals surface area (Å²) in [5, 5.41) is 15.1. The van der Waals surface area contributed by atoms with E-state index in [4.69, 9.17) is 5.26 Å². The van der Waals surface area contributed by atoms with Crippen LogP contribution in [0.25, 0.3) is 0 Å². The highest BCUT2D eigenvalue weighted by Gasteiger charge is 2.42. The van der Waals surface area contributed by atoms with Crippen LogP contribution in [-0.4, -0.2) is 18.0 Å². The molecule has 5 heteroatoms. The lowest BCUT2D eigenvalue weighted by Gasteiger charge is -2.19. The molecule has 0 aromatic heterocycles. The predicted molar refractivity (Wildman–Crippen MR) is 67.8 cm³/mol. The van der Waals surface area contributed by atoms with Crippen molar-refractivity contribution in [3.63, 3.8) is 0 Å². The molecule has 4 nitrogen and oxygen atoms in total. The molecule has 0 aliphatic carbocycles. The van der Waals surface area contributed by atoms with Crippen molar-refractivity contribution in [2.24, 2.45) is 5.92 Å². The van der Waals surface area contributed by atoms with Gasteiger partial charge in [-0.25, -0.2) is 4.39 Å². The lowest BCUT2D eigenvalue weighted by atomic mass is 9.88. The number of benzene rings is 1. The van der Waals surface area contributed by atoms with Crippen LogP contribution in [0.4, 0.5) is 10.1 Å². The number of amides is 1. The second-order valence-electron chi connectivity index (χ2n) is 5.18. The molecule has 2 saturated heterocycles. The van der Waals surface area contributed by atoms with Crippen molar-refractivity contribution >= 4 is 11.6 Å². The molecule has 2 aliphatic heterocycles. The number of anilines is 1. The van der Waals surface area contributed by atoms with Crippen LogP contribution in [0, 0.1) is 23.1 Å². The Balaban J connectivity index is 1.75. The fourth-order valence-electron chi connectivity index (χ4n) is 3.06. The van der Waals surface area contributed by atoms with Crippen LogP contribution in [0.5, 0.6) is 0 Å². The average molecular weight is 259 g/mol. The molecule has 19 heavy (non-hydrogen) atoms. The van der Waals surface area contributed by atoms with Crippen LogP contribution in [-0.2, 0) is 4.79 Å². The zero-order valence-corrected chi connectivity index (χ0v) is 10.3. The molecule has 3 rings (SSSR count). The summed E-state index contributed by atoms with van der Waals surface area (Å²) in [7, 11) is 0. The van der Waals surface area contributed by atoms with Gasteiger partial charge in [0.05, 0.1) is 17.2 Å². The summed E-state index contributed by atoms with van der Waals surface area (Å²) in [6.07, 6.45) is 3.01. The van der Waals surface area contributed by atoms with Crippen LogP contribution >= 0.6 is 0 Å². The first-order valence-corrected chi connectivity index (χ1v) is 6.44. The molecule has 0 radical (unpaired) electrons. The lowest BCUT2D eigenvalue weighted by molar-refractivity contribution is -0.120. The summed E-state index contributed by atoms with van der Waals surface area (Å²) in [6, 6.07) is 6.41. The number of carbonyl (C=O) groups is 1. The molecule has 2 heterocycles. The van der Waals surface area contributed by atoms with Gasteiger partial charge in [-0.05, 0) is 37.5 Å². The Kier molecular flexibility index (Phi) is 2.96. The maximum Gasteiger partial charge on any atom is 0.229 e. The molecule has 98 valence electrons. The van der Waals surface area contributed by atoms with Gasteiger partial charge < -0.3 is 10.6 Å².